The molecule has 0 aromatic heterocycles. The molecular weight excluding hydrogens is 630 g/mol. The molecule has 3 saturated heterocycles. The second kappa shape index (κ2) is 20.0. The van der Waals surface area contributed by atoms with E-state index in [1.807, 2.05) is 16.9 Å². The fourth-order valence-electron chi connectivity index (χ4n) is 6.24. The lowest BCUT2D eigenvalue weighted by molar-refractivity contribution is -0.147. The maximum absolute atomic E-state index is 13.4. The number of carbonyl (C=O) groups excluding carboxylic acids is 7. The summed E-state index contributed by atoms with van der Waals surface area (Å²) in [7, 11) is 0. The maximum atomic E-state index is 13.4. The van der Waals surface area contributed by atoms with E-state index in [2.05, 4.69) is 21.4 Å². The number of aliphatic hydroxyl groups excluding tert-OH is 2. The Morgan fingerprint density at radius 3 is 2.23 bits per heavy atom. The Hall–Kier alpha value is -2.87. The van der Waals surface area contributed by atoms with E-state index in [-0.39, 0.29) is 31.6 Å². The zero-order chi connectivity index (χ0) is 35.2. The summed E-state index contributed by atoms with van der Waals surface area (Å²) < 4.78 is 0. The summed E-state index contributed by atoms with van der Waals surface area (Å²) in [6, 6.07) is -4.97. The van der Waals surface area contributed by atoms with E-state index in [1.165, 1.54) is 0 Å². The van der Waals surface area contributed by atoms with Crippen LogP contribution in [0.15, 0.2) is 0 Å². The summed E-state index contributed by atoms with van der Waals surface area (Å²) in [5, 5.41) is 30.6. The standard InChI is InChI=1S/C31H51N7O10/c1-3-13-48-35-23(18-41)31(47)34-22(17-40)28(44)26(42)14-32-19-33-20(2)27(43)15-36-10-5-8-24(36)29(45)30(46)25-9-6-12-38(25)37-11-4-7-21(37)16-39/h16,20-25,32-33,35,40-41H,3-15,17-19H2,1-2H3,(H,34,47)/t20-,21-,22-,23-,24-,25-/m0/s1. The van der Waals surface area contributed by atoms with Gasteiger partial charge in [0.25, 0.3) is 0 Å². The van der Waals surface area contributed by atoms with Gasteiger partial charge in [-0.1, -0.05) is 6.92 Å². The molecule has 0 aliphatic carbocycles. The van der Waals surface area contributed by atoms with Gasteiger partial charge in [-0.15, -0.1) is 0 Å². The highest BCUT2D eigenvalue weighted by Crippen LogP contribution is 2.28. The van der Waals surface area contributed by atoms with Crippen LogP contribution in [0.5, 0.6) is 0 Å². The van der Waals surface area contributed by atoms with Crippen LogP contribution < -0.4 is 21.4 Å². The first-order chi connectivity index (χ1) is 23.1. The first-order valence-electron chi connectivity index (χ1n) is 16.8. The van der Waals surface area contributed by atoms with Crippen molar-refractivity contribution in [1.82, 2.24) is 36.3 Å². The largest absolute Gasteiger partial charge is 0.394 e. The van der Waals surface area contributed by atoms with Gasteiger partial charge in [-0.05, 0) is 58.4 Å². The van der Waals surface area contributed by atoms with Crippen LogP contribution in [0.2, 0.25) is 0 Å². The number of amides is 1. The van der Waals surface area contributed by atoms with Crippen molar-refractivity contribution in [2.24, 2.45) is 0 Å². The van der Waals surface area contributed by atoms with Gasteiger partial charge in [-0.2, -0.15) is 5.48 Å². The lowest BCUT2D eigenvalue weighted by Crippen LogP contribution is -2.55. The normalized spacial score (nSPS) is 23.9. The molecule has 3 heterocycles. The highest BCUT2D eigenvalue weighted by Gasteiger charge is 2.44. The Morgan fingerprint density at radius 1 is 0.896 bits per heavy atom. The molecule has 17 heteroatoms. The summed E-state index contributed by atoms with van der Waals surface area (Å²) >= 11 is 0. The number of aldehydes is 1. The Kier molecular flexibility index (Phi) is 16.5. The molecule has 0 saturated carbocycles. The minimum atomic E-state index is -1.52. The molecule has 3 fully saturated rings. The number of nitrogens with zero attached hydrogens (tertiary/aromatic N) is 3. The summed E-state index contributed by atoms with van der Waals surface area (Å²) in [6.45, 7) is 3.54. The monoisotopic (exact) mass is 681 g/mol. The second-order valence-electron chi connectivity index (χ2n) is 12.4. The van der Waals surface area contributed by atoms with E-state index in [4.69, 9.17) is 4.84 Å². The van der Waals surface area contributed by atoms with Crippen LogP contribution >= 0.6 is 0 Å². The van der Waals surface area contributed by atoms with Crippen molar-refractivity contribution >= 4 is 41.1 Å². The highest BCUT2D eigenvalue weighted by atomic mass is 16.6. The molecule has 1 amide bonds. The minimum absolute atomic E-state index is 0.0238. The van der Waals surface area contributed by atoms with E-state index in [0.717, 1.165) is 25.5 Å². The number of rotatable bonds is 23. The van der Waals surface area contributed by atoms with E-state index in [1.54, 1.807) is 11.8 Å². The van der Waals surface area contributed by atoms with Crippen LogP contribution in [0.3, 0.4) is 0 Å². The highest BCUT2D eigenvalue weighted by molar-refractivity contribution is 6.41. The van der Waals surface area contributed by atoms with Gasteiger partial charge in [0.1, 0.15) is 18.4 Å². The molecule has 0 spiro atoms. The Bertz CT molecular complexity index is 1160. The van der Waals surface area contributed by atoms with Crippen LogP contribution in [0, 0.1) is 0 Å². The molecule has 3 aliphatic heterocycles. The Morgan fingerprint density at radius 2 is 1.54 bits per heavy atom. The van der Waals surface area contributed by atoms with Crippen molar-refractivity contribution in [2.45, 2.75) is 95.0 Å². The second-order valence-corrected chi connectivity index (χ2v) is 12.4. The van der Waals surface area contributed by atoms with Crippen LogP contribution in [0.25, 0.3) is 0 Å². The minimum Gasteiger partial charge on any atom is -0.394 e. The molecule has 0 aromatic rings. The summed E-state index contributed by atoms with van der Waals surface area (Å²) in [4.78, 5) is 95.4. The zero-order valence-corrected chi connectivity index (χ0v) is 27.9. The fraction of sp³-hybridized carbons (Fsp3) is 0.774. The van der Waals surface area contributed by atoms with Gasteiger partial charge in [0.15, 0.2) is 5.78 Å². The average Bonchev–Trinajstić information content (AvgIpc) is 3.87. The van der Waals surface area contributed by atoms with Crippen LogP contribution in [-0.2, 0) is 38.4 Å². The molecule has 3 aliphatic rings. The maximum Gasteiger partial charge on any atom is 0.242 e. The predicted octanol–water partition coefficient (Wildman–Crippen LogP) is -3.37. The third kappa shape index (κ3) is 10.6. The number of carbonyl (C=O) groups is 7. The first kappa shape index (κ1) is 39.6. The SMILES string of the molecule is CCCON[C@@H](CO)C(=O)N[C@@H](CO)C(=O)C(=O)CNCN[C@@H](C)C(=O)CN1CCC[C@H]1C(=O)C(=O)[C@@H]1CCCN1N1CCC[C@H]1C=O. The summed E-state index contributed by atoms with van der Waals surface area (Å²) in [5.41, 5.74) is 2.35. The number of ketones is 5. The van der Waals surface area contributed by atoms with Gasteiger partial charge in [0.05, 0.1) is 57.1 Å². The van der Waals surface area contributed by atoms with Crippen LogP contribution in [0.4, 0.5) is 0 Å². The summed E-state index contributed by atoms with van der Waals surface area (Å²) in [6.07, 6.45) is 5.59. The van der Waals surface area contributed by atoms with Crippen LogP contribution in [0.1, 0.15) is 58.8 Å². The van der Waals surface area contributed by atoms with Gasteiger partial charge in [0, 0.05) is 19.8 Å². The third-order valence-electron chi connectivity index (χ3n) is 8.98. The first-order valence-corrected chi connectivity index (χ1v) is 16.8. The molecule has 270 valence electrons. The molecule has 17 nitrogen and oxygen atoms in total. The smallest absolute Gasteiger partial charge is 0.242 e. The third-order valence-corrected chi connectivity index (χ3v) is 8.98. The molecule has 6 atom stereocenters. The lowest BCUT2D eigenvalue weighted by atomic mass is 9.99. The van der Waals surface area contributed by atoms with Crippen molar-refractivity contribution in [1.29, 1.82) is 0 Å². The van der Waals surface area contributed by atoms with E-state index in [0.29, 0.717) is 45.3 Å². The molecule has 6 N–H and O–H groups in total. The van der Waals surface area contributed by atoms with Gasteiger partial charge < -0.3 is 25.2 Å². The topological polar surface area (TPSA) is 227 Å². The van der Waals surface area contributed by atoms with Gasteiger partial charge in [-0.3, -0.25) is 44.3 Å². The molecule has 3 rings (SSSR count). The van der Waals surface area contributed by atoms with Crippen molar-refractivity contribution < 1.29 is 48.6 Å². The molecule has 48 heavy (non-hydrogen) atoms. The number of hydrogen-bond donors (Lipinski definition) is 6. The Balaban J connectivity index is 1.42. The number of hydrogen-bond acceptors (Lipinski definition) is 16. The van der Waals surface area contributed by atoms with E-state index >= 15 is 0 Å². The Labute approximate surface area is 280 Å². The zero-order valence-electron chi connectivity index (χ0n) is 27.9. The number of hydrazine groups is 1. The molecule has 0 unspecified atom stereocenters. The predicted molar refractivity (Wildman–Crippen MR) is 170 cm³/mol. The molecule has 0 radical (unpaired) electrons. The number of aliphatic hydroxyl groups is 2. The number of nitrogens with one attached hydrogen (secondary N) is 4. The quantitative estimate of drug-likeness (QED) is 0.0203. The number of hydroxylamine groups is 1. The van der Waals surface area contributed by atoms with Crippen molar-refractivity contribution in [3.05, 3.63) is 0 Å². The van der Waals surface area contributed by atoms with Gasteiger partial charge >= 0.3 is 0 Å². The van der Waals surface area contributed by atoms with Gasteiger partial charge in [0.2, 0.25) is 29.0 Å². The summed E-state index contributed by atoms with van der Waals surface area (Å²) in [5.74, 6) is -4.00. The van der Waals surface area contributed by atoms with Crippen molar-refractivity contribution in [2.75, 3.05) is 59.2 Å². The van der Waals surface area contributed by atoms with Crippen LogP contribution in [-0.4, -0.2) is 162 Å². The fourth-order valence-corrected chi connectivity index (χ4v) is 6.24. The number of Topliss-reactive ketones (excluding diaryl/α,β-unsaturated/α-hetero) is 5. The van der Waals surface area contributed by atoms with Crippen molar-refractivity contribution in [3.63, 3.8) is 0 Å². The number of likely N-dealkylation sites (tertiary alicyclic amines) is 1. The molecule has 0 aromatic carbocycles. The van der Waals surface area contributed by atoms with E-state index in [9.17, 15) is 43.8 Å². The average molecular weight is 682 g/mol. The molecule has 0 bridgehead atoms. The lowest BCUT2D eigenvalue weighted by Gasteiger charge is -2.35. The van der Waals surface area contributed by atoms with Crippen molar-refractivity contribution in [3.8, 4) is 0 Å². The van der Waals surface area contributed by atoms with E-state index < -0.39 is 79.0 Å². The molecular formula is C31H51N7O10. The van der Waals surface area contributed by atoms with Gasteiger partial charge in [-0.25, -0.2) is 10.0 Å².